The quantitative estimate of drug-likeness (QED) is 0.133. The lowest BCUT2D eigenvalue weighted by Gasteiger charge is -2.19. The summed E-state index contributed by atoms with van der Waals surface area (Å²) in [5.41, 5.74) is 3.36. The number of aryl methyl sites for hydroxylation is 1. The van der Waals surface area contributed by atoms with Gasteiger partial charge in [0.15, 0.2) is 0 Å². The highest BCUT2D eigenvalue weighted by molar-refractivity contribution is 7.20. The van der Waals surface area contributed by atoms with Gasteiger partial charge in [0.05, 0.1) is 6.61 Å². The van der Waals surface area contributed by atoms with Gasteiger partial charge in [0, 0.05) is 16.2 Å². The van der Waals surface area contributed by atoms with Crippen molar-refractivity contribution in [3.8, 4) is 17.2 Å². The summed E-state index contributed by atoms with van der Waals surface area (Å²) in [5, 5.41) is 1.23. The highest BCUT2D eigenvalue weighted by Crippen LogP contribution is 2.34. The average Bonchev–Trinajstić information content (AvgIpc) is 3.31. The minimum absolute atomic E-state index is 0.216. The van der Waals surface area contributed by atoms with E-state index in [1.165, 1.54) is 20.5 Å². The van der Waals surface area contributed by atoms with Crippen LogP contribution in [-0.2, 0) is 4.74 Å². The molecule has 0 fully saturated rings. The van der Waals surface area contributed by atoms with Crippen LogP contribution >= 0.6 is 11.3 Å². The zero-order valence-corrected chi connectivity index (χ0v) is 23.4. The number of unbranched alkanes of at least 4 members (excludes halogenated alkanes) is 1. The maximum atomic E-state index is 6.17. The molecule has 0 amide bonds. The number of hydrogen-bond acceptors (Lipinski definition) is 5. The lowest BCUT2D eigenvalue weighted by molar-refractivity contribution is -0.00937. The molecule has 0 unspecified atom stereocenters. The van der Waals surface area contributed by atoms with Crippen LogP contribution in [0.15, 0.2) is 86.5 Å². The van der Waals surface area contributed by atoms with Crippen LogP contribution in [0.1, 0.15) is 34.4 Å². The van der Waals surface area contributed by atoms with Crippen molar-refractivity contribution in [2.45, 2.75) is 25.9 Å². The molecule has 4 aromatic rings. The van der Waals surface area contributed by atoms with E-state index < -0.39 is 0 Å². The van der Waals surface area contributed by atoms with Gasteiger partial charge in [-0.15, -0.1) is 11.3 Å². The second-order valence-corrected chi connectivity index (χ2v) is 10.3. The zero-order valence-electron chi connectivity index (χ0n) is 22.6. The van der Waals surface area contributed by atoms with Crippen molar-refractivity contribution in [2.75, 3.05) is 26.4 Å². The molecule has 202 valence electrons. The highest BCUT2D eigenvalue weighted by atomic mass is 32.1. The summed E-state index contributed by atoms with van der Waals surface area (Å²) in [6, 6.07) is 21.9. The molecular formula is C34H36O4S. The molecule has 0 N–H and O–H groups in total. The van der Waals surface area contributed by atoms with E-state index in [2.05, 4.69) is 38.8 Å². The second kappa shape index (κ2) is 14.4. The van der Waals surface area contributed by atoms with Crippen LogP contribution in [0.4, 0.5) is 0 Å². The standard InChI is InChI=1S/C34H36O4S/c1-5-26-10-14-28(15-11-26)37-23-31(24-38-29-16-12-27(6-2)13-17-29)36-21-9-8-20-35-30-18-19-34-32(22-30)25(4)33(7-3)39-34/h5-7,10-19,22,31H,1-3,8-9,20-21,23-24H2,4H3. The molecule has 0 saturated carbocycles. The molecule has 1 aromatic heterocycles. The molecule has 4 nitrogen and oxygen atoms in total. The fourth-order valence-electron chi connectivity index (χ4n) is 4.07. The number of thiophene rings is 1. The van der Waals surface area contributed by atoms with Crippen molar-refractivity contribution < 1.29 is 18.9 Å². The van der Waals surface area contributed by atoms with Crippen LogP contribution in [0.2, 0.25) is 0 Å². The maximum Gasteiger partial charge on any atom is 0.125 e. The number of rotatable bonds is 16. The van der Waals surface area contributed by atoms with Crippen molar-refractivity contribution in [1.29, 1.82) is 0 Å². The van der Waals surface area contributed by atoms with Gasteiger partial charge in [-0.3, -0.25) is 0 Å². The molecule has 0 aliphatic rings. The van der Waals surface area contributed by atoms with E-state index in [-0.39, 0.29) is 6.10 Å². The summed E-state index contributed by atoms with van der Waals surface area (Å²) < 4.78 is 25.5. The maximum absolute atomic E-state index is 6.17. The molecular weight excluding hydrogens is 504 g/mol. The van der Waals surface area contributed by atoms with Crippen LogP contribution < -0.4 is 14.2 Å². The van der Waals surface area contributed by atoms with Crippen LogP contribution in [0.5, 0.6) is 17.2 Å². The van der Waals surface area contributed by atoms with Gasteiger partial charge in [-0.05, 0) is 84.3 Å². The Bertz CT molecular complexity index is 1310. The van der Waals surface area contributed by atoms with E-state index in [0.717, 1.165) is 41.2 Å². The van der Waals surface area contributed by atoms with Gasteiger partial charge in [0.1, 0.15) is 36.6 Å². The lowest BCUT2D eigenvalue weighted by atomic mass is 10.1. The Labute approximate surface area is 235 Å². The molecule has 4 rings (SSSR count). The second-order valence-electron chi connectivity index (χ2n) is 9.17. The topological polar surface area (TPSA) is 36.9 Å². The molecule has 0 bridgehead atoms. The summed E-state index contributed by atoms with van der Waals surface area (Å²) in [6.07, 6.45) is 7.08. The van der Waals surface area contributed by atoms with Gasteiger partial charge in [-0.25, -0.2) is 0 Å². The summed E-state index contributed by atoms with van der Waals surface area (Å²) >= 11 is 1.76. The molecule has 0 radical (unpaired) electrons. The molecule has 5 heteroatoms. The Morgan fingerprint density at radius 1 is 0.692 bits per heavy atom. The summed E-state index contributed by atoms with van der Waals surface area (Å²) in [4.78, 5) is 1.21. The third kappa shape index (κ3) is 8.09. The first-order valence-corrected chi connectivity index (χ1v) is 14.0. The number of fused-ring (bicyclic) bond motifs is 1. The van der Waals surface area contributed by atoms with Crippen molar-refractivity contribution in [3.63, 3.8) is 0 Å². The van der Waals surface area contributed by atoms with Gasteiger partial charge in [0.2, 0.25) is 0 Å². The van der Waals surface area contributed by atoms with Gasteiger partial charge < -0.3 is 18.9 Å². The van der Waals surface area contributed by atoms with E-state index in [9.17, 15) is 0 Å². The van der Waals surface area contributed by atoms with Crippen LogP contribution in [0, 0.1) is 6.92 Å². The molecule has 1 heterocycles. The SMILES string of the molecule is C=Cc1ccc(OCC(COc2ccc(C=C)cc2)OCCCCOc2ccc3sc(C=C)c(C)c3c2)cc1. The number of hydrogen-bond donors (Lipinski definition) is 0. The van der Waals surface area contributed by atoms with E-state index in [1.807, 2.05) is 72.8 Å². The van der Waals surface area contributed by atoms with Gasteiger partial charge in [0.25, 0.3) is 0 Å². The fraction of sp³-hybridized carbons (Fsp3) is 0.235. The number of benzene rings is 3. The number of ether oxygens (including phenoxy) is 4. The smallest absolute Gasteiger partial charge is 0.125 e. The summed E-state index contributed by atoms with van der Waals surface area (Å²) in [5.74, 6) is 2.47. The first-order chi connectivity index (χ1) is 19.1. The van der Waals surface area contributed by atoms with Crippen LogP contribution in [0.25, 0.3) is 28.3 Å². The normalized spacial score (nSPS) is 10.9. The van der Waals surface area contributed by atoms with Crippen molar-refractivity contribution in [2.24, 2.45) is 0 Å². The predicted octanol–water partition coefficient (Wildman–Crippen LogP) is 8.84. The van der Waals surface area contributed by atoms with Crippen LogP contribution in [0.3, 0.4) is 0 Å². The minimum atomic E-state index is -0.216. The first-order valence-electron chi connectivity index (χ1n) is 13.2. The zero-order chi connectivity index (χ0) is 27.5. The average molecular weight is 541 g/mol. The molecule has 39 heavy (non-hydrogen) atoms. The summed E-state index contributed by atoms with van der Waals surface area (Å²) in [7, 11) is 0. The predicted molar refractivity (Wildman–Crippen MR) is 165 cm³/mol. The van der Waals surface area contributed by atoms with Gasteiger partial charge >= 0.3 is 0 Å². The van der Waals surface area contributed by atoms with Crippen molar-refractivity contribution >= 4 is 39.7 Å². The fourth-order valence-corrected chi connectivity index (χ4v) is 5.11. The Morgan fingerprint density at radius 2 is 1.26 bits per heavy atom. The Morgan fingerprint density at radius 3 is 1.82 bits per heavy atom. The molecule has 3 aromatic carbocycles. The molecule has 0 saturated heterocycles. The van der Waals surface area contributed by atoms with E-state index in [1.54, 1.807) is 11.3 Å². The third-order valence-corrected chi connectivity index (χ3v) is 7.66. The monoisotopic (exact) mass is 540 g/mol. The molecule has 0 aliphatic carbocycles. The largest absolute Gasteiger partial charge is 0.494 e. The molecule has 0 atom stereocenters. The Hall–Kier alpha value is -3.80. The van der Waals surface area contributed by atoms with E-state index in [0.29, 0.717) is 26.4 Å². The van der Waals surface area contributed by atoms with Crippen molar-refractivity contribution in [3.05, 3.63) is 108 Å². The van der Waals surface area contributed by atoms with Gasteiger partial charge in [-0.1, -0.05) is 62.2 Å². The lowest BCUT2D eigenvalue weighted by Crippen LogP contribution is -2.29. The summed E-state index contributed by atoms with van der Waals surface area (Å²) in [6.45, 7) is 15.6. The highest BCUT2D eigenvalue weighted by Gasteiger charge is 2.13. The Kier molecular flexibility index (Phi) is 10.4. The molecule has 0 spiro atoms. The van der Waals surface area contributed by atoms with Crippen molar-refractivity contribution in [1.82, 2.24) is 0 Å². The first kappa shape index (κ1) is 28.2. The Balaban J connectivity index is 1.24. The van der Waals surface area contributed by atoms with Crippen LogP contribution in [-0.4, -0.2) is 32.5 Å². The van der Waals surface area contributed by atoms with Gasteiger partial charge in [-0.2, -0.15) is 0 Å². The minimum Gasteiger partial charge on any atom is -0.494 e. The van der Waals surface area contributed by atoms with E-state index in [4.69, 9.17) is 18.9 Å². The third-order valence-electron chi connectivity index (χ3n) is 6.39. The molecule has 0 aliphatic heterocycles. The van der Waals surface area contributed by atoms with E-state index >= 15 is 0 Å².